The van der Waals surface area contributed by atoms with Gasteiger partial charge in [-0.05, 0) is 37.9 Å². The number of hydrogen-bond donors (Lipinski definition) is 2. The van der Waals surface area contributed by atoms with Crippen molar-refractivity contribution in [2.45, 2.75) is 32.2 Å². The van der Waals surface area contributed by atoms with Crippen LogP contribution in [-0.2, 0) is 4.79 Å². The van der Waals surface area contributed by atoms with Crippen LogP contribution in [-0.4, -0.2) is 18.5 Å². The van der Waals surface area contributed by atoms with E-state index in [0.717, 1.165) is 31.4 Å². The number of aryl methyl sites for hydroxylation is 1. The second kappa shape index (κ2) is 5.52. The molecule has 2 N–H and O–H groups in total. The van der Waals surface area contributed by atoms with Gasteiger partial charge in [-0.25, -0.2) is 0 Å². The normalized spacial score (nSPS) is 20.0. The Morgan fingerprint density at radius 3 is 3.00 bits per heavy atom. The number of carbonyl (C=O) groups excluding carboxylic acids is 1. The summed E-state index contributed by atoms with van der Waals surface area (Å²) in [4.78, 5) is 12.0. The van der Waals surface area contributed by atoms with Gasteiger partial charge in [0.15, 0.2) is 0 Å². The number of nitrogens with one attached hydrogen (secondary N) is 2. The van der Waals surface area contributed by atoms with Gasteiger partial charge in [0, 0.05) is 0 Å². The fraction of sp³-hybridized carbons (Fsp3) is 0.462. The lowest BCUT2D eigenvalue weighted by Gasteiger charge is -2.22. The van der Waals surface area contributed by atoms with Crippen LogP contribution in [0.2, 0.25) is 5.02 Å². The molecule has 0 radical (unpaired) electrons. The van der Waals surface area contributed by atoms with E-state index in [-0.39, 0.29) is 11.9 Å². The molecule has 2 rings (SSSR count). The van der Waals surface area contributed by atoms with Gasteiger partial charge in [-0.2, -0.15) is 0 Å². The molecule has 17 heavy (non-hydrogen) atoms. The lowest BCUT2D eigenvalue weighted by Crippen LogP contribution is -2.43. The first kappa shape index (κ1) is 12.4. The fourth-order valence-electron chi connectivity index (χ4n) is 2.04. The van der Waals surface area contributed by atoms with Crippen molar-refractivity contribution in [2.24, 2.45) is 0 Å². The van der Waals surface area contributed by atoms with Crippen molar-refractivity contribution >= 4 is 23.2 Å². The first-order chi connectivity index (χ1) is 8.18. The molecule has 0 unspecified atom stereocenters. The minimum absolute atomic E-state index is 0.0113. The Morgan fingerprint density at radius 2 is 2.29 bits per heavy atom. The van der Waals surface area contributed by atoms with E-state index in [1.54, 1.807) is 0 Å². The maximum absolute atomic E-state index is 12.0. The van der Waals surface area contributed by atoms with E-state index < -0.39 is 0 Å². The molecular formula is C13H17ClN2O. The zero-order valence-corrected chi connectivity index (χ0v) is 10.7. The second-order valence-corrected chi connectivity index (χ2v) is 4.81. The zero-order chi connectivity index (χ0) is 12.3. The summed E-state index contributed by atoms with van der Waals surface area (Å²) < 4.78 is 0. The Morgan fingerprint density at radius 1 is 1.47 bits per heavy atom. The highest BCUT2D eigenvalue weighted by Crippen LogP contribution is 2.25. The van der Waals surface area contributed by atoms with E-state index in [4.69, 9.17) is 11.6 Å². The fourth-order valence-corrected chi connectivity index (χ4v) is 2.21. The molecule has 1 aromatic carbocycles. The molecule has 1 aliphatic rings. The molecule has 1 fully saturated rings. The van der Waals surface area contributed by atoms with Crippen LogP contribution in [0.15, 0.2) is 18.2 Å². The molecule has 0 spiro atoms. The van der Waals surface area contributed by atoms with Gasteiger partial charge >= 0.3 is 0 Å². The Kier molecular flexibility index (Phi) is 4.02. The SMILES string of the molecule is Cc1cccc(NC(=O)[C@H]2CCCCN2)c1Cl. The smallest absolute Gasteiger partial charge is 0.241 e. The van der Waals surface area contributed by atoms with E-state index in [1.165, 1.54) is 0 Å². The van der Waals surface area contributed by atoms with Crippen LogP contribution in [0.3, 0.4) is 0 Å². The second-order valence-electron chi connectivity index (χ2n) is 4.43. The average Bonchev–Trinajstić information content (AvgIpc) is 2.36. The molecule has 4 heteroatoms. The van der Waals surface area contributed by atoms with Crippen LogP contribution in [0, 0.1) is 6.92 Å². The summed E-state index contributed by atoms with van der Waals surface area (Å²) in [5.41, 5.74) is 1.67. The number of anilines is 1. The molecule has 1 atom stereocenters. The molecule has 0 aromatic heterocycles. The third-order valence-corrected chi connectivity index (χ3v) is 3.58. The van der Waals surface area contributed by atoms with Gasteiger partial charge in [0.25, 0.3) is 0 Å². The highest BCUT2D eigenvalue weighted by atomic mass is 35.5. The summed E-state index contributed by atoms with van der Waals surface area (Å²) in [6.07, 6.45) is 3.15. The van der Waals surface area contributed by atoms with Crippen molar-refractivity contribution in [3.8, 4) is 0 Å². The predicted molar refractivity (Wildman–Crippen MR) is 70.5 cm³/mol. The van der Waals surface area contributed by atoms with Crippen LogP contribution in [0.5, 0.6) is 0 Å². The van der Waals surface area contributed by atoms with E-state index in [9.17, 15) is 4.79 Å². The molecule has 1 saturated heterocycles. The van der Waals surface area contributed by atoms with Crippen LogP contribution >= 0.6 is 11.6 Å². The number of amides is 1. The molecule has 1 aliphatic heterocycles. The molecule has 1 heterocycles. The number of piperidine rings is 1. The predicted octanol–water partition coefficient (Wildman–Crippen LogP) is 2.73. The van der Waals surface area contributed by atoms with Gasteiger partial charge < -0.3 is 10.6 Å². The number of rotatable bonds is 2. The van der Waals surface area contributed by atoms with Crippen molar-refractivity contribution in [2.75, 3.05) is 11.9 Å². The van der Waals surface area contributed by atoms with E-state index >= 15 is 0 Å². The van der Waals surface area contributed by atoms with Gasteiger partial charge in [0.2, 0.25) is 5.91 Å². The summed E-state index contributed by atoms with van der Waals surface area (Å²) in [5, 5.41) is 6.73. The van der Waals surface area contributed by atoms with Crippen molar-refractivity contribution in [1.82, 2.24) is 5.32 Å². The first-order valence-electron chi connectivity index (χ1n) is 5.98. The lowest BCUT2D eigenvalue weighted by atomic mass is 10.0. The molecule has 92 valence electrons. The molecule has 3 nitrogen and oxygen atoms in total. The third-order valence-electron chi connectivity index (χ3n) is 3.08. The Labute approximate surface area is 107 Å². The lowest BCUT2D eigenvalue weighted by molar-refractivity contribution is -0.118. The van der Waals surface area contributed by atoms with Crippen molar-refractivity contribution in [3.05, 3.63) is 28.8 Å². The topological polar surface area (TPSA) is 41.1 Å². The van der Waals surface area contributed by atoms with Gasteiger partial charge in [-0.15, -0.1) is 0 Å². The number of halogens is 1. The van der Waals surface area contributed by atoms with Crippen LogP contribution in [0.1, 0.15) is 24.8 Å². The Bertz CT molecular complexity index is 414. The van der Waals surface area contributed by atoms with E-state index in [0.29, 0.717) is 10.7 Å². The molecule has 0 saturated carbocycles. The third kappa shape index (κ3) is 2.99. The van der Waals surface area contributed by atoms with Gasteiger partial charge in [-0.3, -0.25) is 4.79 Å². The Hall–Kier alpha value is -1.06. The quantitative estimate of drug-likeness (QED) is 0.850. The Balaban J connectivity index is 2.04. The first-order valence-corrected chi connectivity index (χ1v) is 6.35. The van der Waals surface area contributed by atoms with Crippen molar-refractivity contribution < 1.29 is 4.79 Å². The van der Waals surface area contributed by atoms with Gasteiger partial charge in [-0.1, -0.05) is 30.2 Å². The maximum atomic E-state index is 12.0. The summed E-state index contributed by atoms with van der Waals surface area (Å²) in [6.45, 7) is 2.84. The number of hydrogen-bond acceptors (Lipinski definition) is 2. The summed E-state index contributed by atoms with van der Waals surface area (Å²) in [7, 11) is 0. The highest BCUT2D eigenvalue weighted by molar-refractivity contribution is 6.34. The van der Waals surface area contributed by atoms with E-state index in [1.807, 2.05) is 25.1 Å². The zero-order valence-electron chi connectivity index (χ0n) is 9.92. The summed E-state index contributed by atoms with van der Waals surface area (Å²) >= 11 is 6.14. The van der Waals surface area contributed by atoms with Gasteiger partial charge in [0.05, 0.1) is 16.8 Å². The van der Waals surface area contributed by atoms with Crippen LogP contribution in [0.25, 0.3) is 0 Å². The van der Waals surface area contributed by atoms with Gasteiger partial charge in [0.1, 0.15) is 0 Å². The number of benzene rings is 1. The molecule has 1 amide bonds. The summed E-state index contributed by atoms with van der Waals surface area (Å²) in [6, 6.07) is 5.57. The molecular weight excluding hydrogens is 236 g/mol. The molecule has 0 bridgehead atoms. The summed E-state index contributed by atoms with van der Waals surface area (Å²) in [5.74, 6) is 0.0113. The average molecular weight is 253 g/mol. The monoisotopic (exact) mass is 252 g/mol. The van der Waals surface area contributed by atoms with Crippen molar-refractivity contribution in [1.29, 1.82) is 0 Å². The minimum atomic E-state index is -0.0830. The van der Waals surface area contributed by atoms with Crippen molar-refractivity contribution in [3.63, 3.8) is 0 Å². The van der Waals surface area contributed by atoms with Crippen LogP contribution in [0.4, 0.5) is 5.69 Å². The maximum Gasteiger partial charge on any atom is 0.241 e. The van der Waals surface area contributed by atoms with E-state index in [2.05, 4.69) is 10.6 Å². The van der Waals surface area contributed by atoms with Crippen LogP contribution < -0.4 is 10.6 Å². The minimum Gasteiger partial charge on any atom is -0.323 e. The molecule has 0 aliphatic carbocycles. The largest absolute Gasteiger partial charge is 0.323 e. The highest BCUT2D eigenvalue weighted by Gasteiger charge is 2.21. The number of carbonyl (C=O) groups is 1. The standard InChI is InChI=1S/C13H17ClN2O/c1-9-5-4-7-10(12(9)14)16-13(17)11-6-2-3-8-15-11/h4-5,7,11,15H,2-3,6,8H2,1H3,(H,16,17)/t11-/m1/s1. The molecule has 1 aromatic rings.